The van der Waals surface area contributed by atoms with Crippen molar-refractivity contribution in [2.45, 2.75) is 58.9 Å². The Labute approximate surface area is 99.4 Å². The standard InChI is InChI=1S/C13H26N2O/c1-4-6-11(7-5-2)15-9-13(3,10-15)8-12(14)16/h11H,4-10H2,1-3H3,(H2,14,16). The van der Waals surface area contributed by atoms with Crippen molar-refractivity contribution in [2.75, 3.05) is 13.1 Å². The van der Waals surface area contributed by atoms with Gasteiger partial charge in [0.05, 0.1) is 0 Å². The summed E-state index contributed by atoms with van der Waals surface area (Å²) in [5.74, 6) is -0.162. The van der Waals surface area contributed by atoms with Crippen molar-refractivity contribution < 1.29 is 4.79 Å². The SMILES string of the molecule is CCCC(CCC)N1CC(C)(CC(N)=O)C1. The Morgan fingerprint density at radius 2 is 1.81 bits per heavy atom. The van der Waals surface area contributed by atoms with Crippen LogP contribution in [0.15, 0.2) is 0 Å². The van der Waals surface area contributed by atoms with Crippen molar-refractivity contribution in [3.05, 3.63) is 0 Å². The van der Waals surface area contributed by atoms with Gasteiger partial charge in [0.1, 0.15) is 0 Å². The molecule has 3 heteroatoms. The molecule has 3 nitrogen and oxygen atoms in total. The summed E-state index contributed by atoms with van der Waals surface area (Å²) in [5.41, 5.74) is 5.41. The summed E-state index contributed by atoms with van der Waals surface area (Å²) in [5, 5.41) is 0. The van der Waals surface area contributed by atoms with Gasteiger partial charge in [0.2, 0.25) is 5.91 Å². The topological polar surface area (TPSA) is 46.3 Å². The minimum Gasteiger partial charge on any atom is -0.370 e. The summed E-state index contributed by atoms with van der Waals surface area (Å²) < 4.78 is 0. The van der Waals surface area contributed by atoms with Gasteiger partial charge in [-0.1, -0.05) is 33.6 Å². The lowest BCUT2D eigenvalue weighted by atomic mass is 9.77. The molecular formula is C13H26N2O. The van der Waals surface area contributed by atoms with Gasteiger partial charge in [-0.15, -0.1) is 0 Å². The number of nitrogens with zero attached hydrogens (tertiary/aromatic N) is 1. The molecule has 1 saturated heterocycles. The highest BCUT2D eigenvalue weighted by molar-refractivity contribution is 5.74. The van der Waals surface area contributed by atoms with E-state index in [2.05, 4.69) is 25.7 Å². The molecule has 0 aliphatic carbocycles. The molecule has 94 valence electrons. The number of rotatable bonds is 7. The molecule has 0 saturated carbocycles. The molecule has 0 unspecified atom stereocenters. The van der Waals surface area contributed by atoms with Crippen molar-refractivity contribution in [1.82, 2.24) is 4.90 Å². The third-order valence-electron chi connectivity index (χ3n) is 3.53. The monoisotopic (exact) mass is 226 g/mol. The zero-order valence-corrected chi connectivity index (χ0v) is 11.0. The van der Waals surface area contributed by atoms with E-state index in [9.17, 15) is 4.79 Å². The third kappa shape index (κ3) is 3.48. The summed E-state index contributed by atoms with van der Waals surface area (Å²) in [6.45, 7) is 8.74. The van der Waals surface area contributed by atoms with Crippen LogP contribution in [0.3, 0.4) is 0 Å². The predicted molar refractivity (Wildman–Crippen MR) is 67.1 cm³/mol. The van der Waals surface area contributed by atoms with Crippen molar-refractivity contribution in [2.24, 2.45) is 11.1 Å². The van der Waals surface area contributed by atoms with Crippen molar-refractivity contribution in [3.63, 3.8) is 0 Å². The summed E-state index contributed by atoms with van der Waals surface area (Å²) >= 11 is 0. The van der Waals surface area contributed by atoms with Crippen LogP contribution in [0, 0.1) is 5.41 Å². The molecule has 0 aromatic heterocycles. The normalized spacial score (nSPS) is 19.8. The van der Waals surface area contributed by atoms with Crippen molar-refractivity contribution in [1.29, 1.82) is 0 Å². The summed E-state index contributed by atoms with van der Waals surface area (Å²) in [6.07, 6.45) is 5.58. The fourth-order valence-corrected chi connectivity index (χ4v) is 2.90. The largest absolute Gasteiger partial charge is 0.370 e. The fourth-order valence-electron chi connectivity index (χ4n) is 2.90. The molecule has 1 heterocycles. The van der Waals surface area contributed by atoms with Gasteiger partial charge in [-0.3, -0.25) is 9.69 Å². The number of nitrogens with two attached hydrogens (primary N) is 1. The number of hydrogen-bond donors (Lipinski definition) is 1. The van der Waals surface area contributed by atoms with E-state index in [1.165, 1.54) is 25.7 Å². The van der Waals surface area contributed by atoms with Crippen LogP contribution < -0.4 is 5.73 Å². The number of primary amides is 1. The molecule has 1 aliphatic rings. The molecule has 1 rings (SSSR count). The Balaban J connectivity index is 2.39. The number of likely N-dealkylation sites (tertiary alicyclic amines) is 1. The Morgan fingerprint density at radius 1 is 1.31 bits per heavy atom. The van der Waals surface area contributed by atoms with Crippen LogP contribution in [0.4, 0.5) is 0 Å². The quantitative estimate of drug-likeness (QED) is 0.723. The maximum absolute atomic E-state index is 10.9. The molecule has 2 N–H and O–H groups in total. The van der Waals surface area contributed by atoms with Crippen LogP contribution in [0.1, 0.15) is 52.9 Å². The van der Waals surface area contributed by atoms with Gasteiger partial charge in [0, 0.05) is 31.0 Å². The van der Waals surface area contributed by atoms with Crippen LogP contribution in [-0.2, 0) is 4.79 Å². The minimum atomic E-state index is -0.162. The lowest BCUT2D eigenvalue weighted by molar-refractivity contribution is -0.124. The smallest absolute Gasteiger partial charge is 0.218 e. The lowest BCUT2D eigenvalue weighted by Crippen LogP contribution is -2.59. The highest BCUT2D eigenvalue weighted by Gasteiger charge is 2.42. The number of carbonyl (C=O) groups excluding carboxylic acids is 1. The molecule has 0 aromatic carbocycles. The zero-order valence-electron chi connectivity index (χ0n) is 11.0. The second kappa shape index (κ2) is 5.67. The van der Waals surface area contributed by atoms with E-state index in [0.29, 0.717) is 6.42 Å². The van der Waals surface area contributed by atoms with Gasteiger partial charge in [-0.25, -0.2) is 0 Å². The average molecular weight is 226 g/mol. The predicted octanol–water partition coefficient (Wildman–Crippen LogP) is 2.15. The molecule has 1 amide bonds. The molecular weight excluding hydrogens is 200 g/mol. The van der Waals surface area contributed by atoms with Crippen LogP contribution in [0.25, 0.3) is 0 Å². The first-order valence-electron chi connectivity index (χ1n) is 6.53. The van der Waals surface area contributed by atoms with Crippen molar-refractivity contribution >= 4 is 5.91 Å². The molecule has 1 fully saturated rings. The molecule has 0 radical (unpaired) electrons. The molecule has 0 aromatic rings. The van der Waals surface area contributed by atoms with Crippen LogP contribution in [-0.4, -0.2) is 29.9 Å². The second-order valence-electron chi connectivity index (χ2n) is 5.59. The Bertz CT molecular complexity index is 228. The van der Waals surface area contributed by atoms with Crippen LogP contribution >= 0.6 is 0 Å². The van der Waals surface area contributed by atoms with Gasteiger partial charge in [-0.2, -0.15) is 0 Å². The molecule has 0 atom stereocenters. The minimum absolute atomic E-state index is 0.144. The zero-order chi connectivity index (χ0) is 12.2. The lowest BCUT2D eigenvalue weighted by Gasteiger charge is -2.51. The van der Waals surface area contributed by atoms with E-state index in [1.807, 2.05) is 0 Å². The number of amides is 1. The first kappa shape index (κ1) is 13.5. The van der Waals surface area contributed by atoms with Gasteiger partial charge in [-0.05, 0) is 12.8 Å². The highest BCUT2D eigenvalue weighted by atomic mass is 16.1. The summed E-state index contributed by atoms with van der Waals surface area (Å²) in [7, 11) is 0. The van der Waals surface area contributed by atoms with Gasteiger partial charge < -0.3 is 5.73 Å². The maximum atomic E-state index is 10.9. The molecule has 1 aliphatic heterocycles. The van der Waals surface area contributed by atoms with Crippen LogP contribution in [0.2, 0.25) is 0 Å². The van der Waals surface area contributed by atoms with Crippen molar-refractivity contribution in [3.8, 4) is 0 Å². The molecule has 0 bridgehead atoms. The highest BCUT2D eigenvalue weighted by Crippen LogP contribution is 2.36. The Morgan fingerprint density at radius 3 is 2.19 bits per heavy atom. The van der Waals surface area contributed by atoms with E-state index in [0.717, 1.165) is 19.1 Å². The van der Waals surface area contributed by atoms with E-state index in [-0.39, 0.29) is 11.3 Å². The summed E-state index contributed by atoms with van der Waals surface area (Å²) in [6, 6.07) is 0.718. The molecule has 16 heavy (non-hydrogen) atoms. The van der Waals surface area contributed by atoms with E-state index in [4.69, 9.17) is 5.73 Å². The Kier molecular flexibility index (Phi) is 4.78. The Hall–Kier alpha value is -0.570. The average Bonchev–Trinajstić information content (AvgIpc) is 2.12. The van der Waals surface area contributed by atoms with Gasteiger partial charge in [0.25, 0.3) is 0 Å². The first-order valence-corrected chi connectivity index (χ1v) is 6.53. The van der Waals surface area contributed by atoms with Crippen LogP contribution in [0.5, 0.6) is 0 Å². The van der Waals surface area contributed by atoms with Gasteiger partial charge in [0.15, 0.2) is 0 Å². The third-order valence-corrected chi connectivity index (χ3v) is 3.53. The summed E-state index contributed by atoms with van der Waals surface area (Å²) in [4.78, 5) is 13.5. The maximum Gasteiger partial charge on any atom is 0.218 e. The first-order chi connectivity index (χ1) is 7.50. The van der Waals surface area contributed by atoms with E-state index < -0.39 is 0 Å². The molecule has 0 spiro atoms. The van der Waals surface area contributed by atoms with E-state index in [1.54, 1.807) is 0 Å². The van der Waals surface area contributed by atoms with E-state index >= 15 is 0 Å². The number of hydrogen-bond acceptors (Lipinski definition) is 2. The fraction of sp³-hybridized carbons (Fsp3) is 0.923. The van der Waals surface area contributed by atoms with Gasteiger partial charge >= 0.3 is 0 Å². The second-order valence-corrected chi connectivity index (χ2v) is 5.59. The number of carbonyl (C=O) groups is 1.